The van der Waals surface area contributed by atoms with Crippen LogP contribution >= 0.6 is 0 Å². The van der Waals surface area contributed by atoms with Crippen LogP contribution in [0.1, 0.15) is 50.1 Å². The Balaban J connectivity index is 2.11. The van der Waals surface area contributed by atoms with Crippen molar-refractivity contribution < 1.29 is 0 Å². The number of aromatic nitrogens is 4. The molecule has 0 spiro atoms. The summed E-state index contributed by atoms with van der Waals surface area (Å²) in [5.74, 6) is 0.772. The van der Waals surface area contributed by atoms with Crippen molar-refractivity contribution in [3.8, 4) is 11.5 Å². The number of aromatic amines is 1. The standard InChI is InChI=1S/C15H20N4/c1-4-15(3)8-5-6-11-12(18-19-13(11)15)14-16-9-7-10(2)17-14/h7,9H,4-6,8H2,1-3H3,(H,18,19). The third-order valence-corrected chi connectivity index (χ3v) is 4.39. The first-order chi connectivity index (χ1) is 9.14. The average Bonchev–Trinajstić information content (AvgIpc) is 2.84. The smallest absolute Gasteiger partial charge is 0.178 e. The van der Waals surface area contributed by atoms with Gasteiger partial charge in [-0.1, -0.05) is 13.8 Å². The molecule has 4 heteroatoms. The van der Waals surface area contributed by atoms with Crippen molar-refractivity contribution in [3.63, 3.8) is 0 Å². The molecule has 1 unspecified atom stereocenters. The molecule has 0 fully saturated rings. The van der Waals surface area contributed by atoms with E-state index in [0.717, 1.165) is 30.1 Å². The molecule has 1 N–H and O–H groups in total. The summed E-state index contributed by atoms with van der Waals surface area (Å²) in [6.45, 7) is 6.55. The molecule has 2 aromatic rings. The summed E-state index contributed by atoms with van der Waals surface area (Å²) in [6.07, 6.45) is 6.45. The van der Waals surface area contributed by atoms with Crippen LogP contribution in [0.2, 0.25) is 0 Å². The first kappa shape index (κ1) is 12.3. The number of hydrogen-bond acceptors (Lipinski definition) is 3. The number of rotatable bonds is 2. The molecule has 100 valence electrons. The van der Waals surface area contributed by atoms with Gasteiger partial charge in [-0.3, -0.25) is 5.10 Å². The molecule has 2 aromatic heterocycles. The van der Waals surface area contributed by atoms with Crippen LogP contribution in [-0.4, -0.2) is 20.2 Å². The van der Waals surface area contributed by atoms with E-state index in [1.165, 1.54) is 24.1 Å². The Hall–Kier alpha value is -1.71. The lowest BCUT2D eigenvalue weighted by Gasteiger charge is -2.31. The molecule has 3 rings (SSSR count). The van der Waals surface area contributed by atoms with Crippen LogP contribution in [-0.2, 0) is 11.8 Å². The van der Waals surface area contributed by atoms with E-state index in [4.69, 9.17) is 0 Å². The quantitative estimate of drug-likeness (QED) is 0.897. The van der Waals surface area contributed by atoms with Gasteiger partial charge in [-0.2, -0.15) is 5.10 Å². The van der Waals surface area contributed by atoms with Crippen molar-refractivity contribution in [3.05, 3.63) is 29.2 Å². The third kappa shape index (κ3) is 1.95. The maximum atomic E-state index is 4.58. The zero-order valence-corrected chi connectivity index (χ0v) is 11.8. The van der Waals surface area contributed by atoms with Gasteiger partial charge in [0.1, 0.15) is 5.69 Å². The molecule has 4 nitrogen and oxygen atoms in total. The van der Waals surface area contributed by atoms with Crippen LogP contribution in [0, 0.1) is 6.92 Å². The molecule has 19 heavy (non-hydrogen) atoms. The highest BCUT2D eigenvalue weighted by atomic mass is 15.1. The van der Waals surface area contributed by atoms with Crippen LogP contribution in [0.5, 0.6) is 0 Å². The van der Waals surface area contributed by atoms with Gasteiger partial charge in [-0.25, -0.2) is 9.97 Å². The predicted molar refractivity (Wildman–Crippen MR) is 74.9 cm³/mol. The highest BCUT2D eigenvalue weighted by molar-refractivity contribution is 5.58. The van der Waals surface area contributed by atoms with E-state index in [-0.39, 0.29) is 5.41 Å². The topological polar surface area (TPSA) is 54.5 Å². The van der Waals surface area contributed by atoms with E-state index in [1.807, 2.05) is 19.2 Å². The zero-order valence-electron chi connectivity index (χ0n) is 11.8. The third-order valence-electron chi connectivity index (χ3n) is 4.39. The van der Waals surface area contributed by atoms with Gasteiger partial charge in [-0.05, 0) is 38.7 Å². The Labute approximate surface area is 113 Å². The minimum Gasteiger partial charge on any atom is -0.274 e. The SMILES string of the molecule is CCC1(C)CCCc2c1n[nH]c2-c1nccc(C)n1. The molecule has 0 bridgehead atoms. The van der Waals surface area contributed by atoms with Gasteiger partial charge in [0.2, 0.25) is 0 Å². The number of nitrogens with one attached hydrogen (secondary N) is 1. The maximum absolute atomic E-state index is 4.58. The fraction of sp³-hybridized carbons (Fsp3) is 0.533. The summed E-state index contributed by atoms with van der Waals surface area (Å²) in [4.78, 5) is 8.90. The lowest BCUT2D eigenvalue weighted by atomic mass is 9.73. The minimum atomic E-state index is 0.201. The Morgan fingerprint density at radius 3 is 3.00 bits per heavy atom. The Bertz CT molecular complexity index is 602. The van der Waals surface area contributed by atoms with Gasteiger partial charge in [-0.15, -0.1) is 0 Å². The highest BCUT2D eigenvalue weighted by Crippen LogP contribution is 2.41. The molecular formula is C15H20N4. The van der Waals surface area contributed by atoms with Gasteiger partial charge in [0.15, 0.2) is 5.82 Å². The molecule has 0 aliphatic heterocycles. The summed E-state index contributed by atoms with van der Waals surface area (Å²) in [5, 5.41) is 7.76. The number of aryl methyl sites for hydroxylation is 1. The van der Waals surface area contributed by atoms with Gasteiger partial charge < -0.3 is 0 Å². The van der Waals surface area contributed by atoms with Crippen molar-refractivity contribution in [2.45, 2.75) is 51.9 Å². The van der Waals surface area contributed by atoms with Gasteiger partial charge >= 0.3 is 0 Å². The van der Waals surface area contributed by atoms with Crippen LogP contribution < -0.4 is 0 Å². The monoisotopic (exact) mass is 256 g/mol. The van der Waals surface area contributed by atoms with E-state index in [1.54, 1.807) is 0 Å². The summed E-state index contributed by atoms with van der Waals surface area (Å²) in [5.41, 5.74) is 4.75. The molecule has 0 radical (unpaired) electrons. The van der Waals surface area contributed by atoms with Crippen molar-refractivity contribution in [1.82, 2.24) is 20.2 Å². The Morgan fingerprint density at radius 2 is 2.26 bits per heavy atom. The minimum absolute atomic E-state index is 0.201. The van der Waals surface area contributed by atoms with Gasteiger partial charge in [0.05, 0.1) is 5.69 Å². The van der Waals surface area contributed by atoms with Crippen molar-refractivity contribution in [2.24, 2.45) is 0 Å². The fourth-order valence-corrected chi connectivity index (χ4v) is 2.98. The van der Waals surface area contributed by atoms with E-state index < -0.39 is 0 Å². The summed E-state index contributed by atoms with van der Waals surface area (Å²) in [6, 6.07) is 1.92. The first-order valence-electron chi connectivity index (χ1n) is 7.02. The number of fused-ring (bicyclic) bond motifs is 1. The second-order valence-corrected chi connectivity index (χ2v) is 5.72. The van der Waals surface area contributed by atoms with E-state index >= 15 is 0 Å². The fourth-order valence-electron chi connectivity index (χ4n) is 2.98. The van der Waals surface area contributed by atoms with Crippen LogP contribution in [0.15, 0.2) is 12.3 Å². The second-order valence-electron chi connectivity index (χ2n) is 5.72. The zero-order chi connectivity index (χ0) is 13.5. The summed E-state index contributed by atoms with van der Waals surface area (Å²) in [7, 11) is 0. The van der Waals surface area contributed by atoms with Crippen LogP contribution in [0.3, 0.4) is 0 Å². The lowest BCUT2D eigenvalue weighted by molar-refractivity contribution is 0.371. The molecule has 1 aliphatic rings. The highest BCUT2D eigenvalue weighted by Gasteiger charge is 2.35. The lowest BCUT2D eigenvalue weighted by Crippen LogP contribution is -2.26. The Kier molecular flexibility index (Phi) is 2.88. The molecule has 1 aliphatic carbocycles. The normalized spacial score (nSPS) is 22.3. The Morgan fingerprint density at radius 1 is 1.42 bits per heavy atom. The summed E-state index contributed by atoms with van der Waals surface area (Å²) < 4.78 is 0. The molecule has 0 amide bonds. The maximum Gasteiger partial charge on any atom is 0.178 e. The largest absolute Gasteiger partial charge is 0.274 e. The number of nitrogens with zero attached hydrogens (tertiary/aromatic N) is 3. The molecule has 0 saturated heterocycles. The molecule has 0 aromatic carbocycles. The van der Waals surface area contributed by atoms with E-state index in [0.29, 0.717) is 0 Å². The van der Waals surface area contributed by atoms with Crippen molar-refractivity contribution >= 4 is 0 Å². The van der Waals surface area contributed by atoms with Gasteiger partial charge in [0, 0.05) is 22.9 Å². The predicted octanol–water partition coefficient (Wildman–Crippen LogP) is 3.18. The number of hydrogen-bond donors (Lipinski definition) is 1. The van der Waals surface area contributed by atoms with Crippen LogP contribution in [0.4, 0.5) is 0 Å². The first-order valence-corrected chi connectivity index (χ1v) is 7.02. The molecule has 1 atom stereocenters. The molecule has 0 saturated carbocycles. The van der Waals surface area contributed by atoms with Gasteiger partial charge in [0.25, 0.3) is 0 Å². The molecular weight excluding hydrogens is 236 g/mol. The van der Waals surface area contributed by atoms with E-state index in [9.17, 15) is 0 Å². The number of H-pyrrole nitrogens is 1. The molecule has 2 heterocycles. The van der Waals surface area contributed by atoms with Crippen molar-refractivity contribution in [2.75, 3.05) is 0 Å². The second kappa shape index (κ2) is 4.44. The van der Waals surface area contributed by atoms with Crippen molar-refractivity contribution in [1.29, 1.82) is 0 Å². The average molecular weight is 256 g/mol. The van der Waals surface area contributed by atoms with Crippen LogP contribution in [0.25, 0.3) is 11.5 Å². The summed E-state index contributed by atoms with van der Waals surface area (Å²) >= 11 is 0. The van der Waals surface area contributed by atoms with E-state index in [2.05, 4.69) is 34.0 Å².